The van der Waals surface area contributed by atoms with Crippen LogP contribution in [0.15, 0.2) is 72.8 Å². The molecular weight excluding hydrogens is 439 g/mol. The molecule has 146 valence electrons. The molecule has 0 N–H and O–H groups in total. The standard InChI is InChI=1S/C23H23ClO3Se/c1-25-23-12-9-20(13-22(23)24)16-28-15-19-7-10-21(11-8-19)27-17-26-14-18-5-3-2-4-6-18/h2-13H,14-17H2,1H3. The molecule has 0 heterocycles. The van der Waals surface area contributed by atoms with Crippen molar-refractivity contribution in [2.24, 2.45) is 0 Å². The molecule has 0 amide bonds. The molecule has 3 aromatic rings. The second kappa shape index (κ2) is 11.1. The molecule has 0 fully saturated rings. The third kappa shape index (κ3) is 6.57. The van der Waals surface area contributed by atoms with Crippen LogP contribution in [0.5, 0.6) is 11.5 Å². The van der Waals surface area contributed by atoms with E-state index >= 15 is 0 Å². The summed E-state index contributed by atoms with van der Waals surface area (Å²) in [7, 11) is 1.63. The summed E-state index contributed by atoms with van der Waals surface area (Å²) in [5.74, 6) is 1.55. The molecule has 0 aromatic heterocycles. The van der Waals surface area contributed by atoms with Crippen molar-refractivity contribution in [3.63, 3.8) is 0 Å². The van der Waals surface area contributed by atoms with Crippen LogP contribution in [-0.2, 0) is 22.0 Å². The van der Waals surface area contributed by atoms with E-state index in [-0.39, 0.29) is 6.79 Å². The first-order valence-electron chi connectivity index (χ1n) is 8.98. The van der Waals surface area contributed by atoms with Crippen molar-refractivity contribution >= 4 is 26.6 Å². The summed E-state index contributed by atoms with van der Waals surface area (Å²) in [5.41, 5.74) is 3.71. The van der Waals surface area contributed by atoms with Gasteiger partial charge in [-0.3, -0.25) is 0 Å². The van der Waals surface area contributed by atoms with Crippen molar-refractivity contribution in [1.29, 1.82) is 0 Å². The van der Waals surface area contributed by atoms with E-state index in [2.05, 4.69) is 18.2 Å². The van der Waals surface area contributed by atoms with Gasteiger partial charge in [-0.1, -0.05) is 6.07 Å². The zero-order valence-electron chi connectivity index (χ0n) is 15.8. The van der Waals surface area contributed by atoms with Crippen LogP contribution in [0.1, 0.15) is 16.7 Å². The Bertz CT molecular complexity index is 853. The van der Waals surface area contributed by atoms with Crippen LogP contribution in [0.2, 0.25) is 5.02 Å². The Labute approximate surface area is 177 Å². The number of benzene rings is 3. The Hall–Kier alpha value is -1.97. The van der Waals surface area contributed by atoms with Crippen molar-refractivity contribution in [1.82, 2.24) is 0 Å². The van der Waals surface area contributed by atoms with Crippen molar-refractivity contribution in [3.8, 4) is 11.5 Å². The second-order valence-electron chi connectivity index (χ2n) is 6.20. The fourth-order valence-corrected chi connectivity index (χ4v) is 4.88. The maximum atomic E-state index is 6.19. The predicted octanol–water partition coefficient (Wildman–Crippen LogP) is 5.31. The molecule has 0 atom stereocenters. The average Bonchev–Trinajstić information content (AvgIpc) is 2.73. The Morgan fingerprint density at radius 3 is 2.25 bits per heavy atom. The number of ether oxygens (including phenoxy) is 3. The quantitative estimate of drug-likeness (QED) is 0.233. The first kappa shape index (κ1) is 20.8. The van der Waals surface area contributed by atoms with Crippen molar-refractivity contribution in [2.75, 3.05) is 13.9 Å². The van der Waals surface area contributed by atoms with Crippen LogP contribution in [-0.4, -0.2) is 28.9 Å². The molecule has 0 saturated carbocycles. The molecule has 0 spiro atoms. The van der Waals surface area contributed by atoms with E-state index in [1.165, 1.54) is 11.1 Å². The fourth-order valence-electron chi connectivity index (χ4n) is 2.61. The normalized spacial score (nSPS) is 10.6. The monoisotopic (exact) mass is 462 g/mol. The molecule has 0 bridgehead atoms. The Kier molecular flexibility index (Phi) is 8.25. The third-order valence-electron chi connectivity index (χ3n) is 4.10. The Morgan fingerprint density at radius 2 is 1.54 bits per heavy atom. The van der Waals surface area contributed by atoms with Gasteiger partial charge in [0.25, 0.3) is 0 Å². The van der Waals surface area contributed by atoms with E-state index in [0.29, 0.717) is 26.6 Å². The zero-order valence-corrected chi connectivity index (χ0v) is 18.2. The van der Waals surface area contributed by atoms with Crippen molar-refractivity contribution in [2.45, 2.75) is 17.2 Å². The van der Waals surface area contributed by atoms with Crippen LogP contribution in [0.4, 0.5) is 0 Å². The van der Waals surface area contributed by atoms with Crippen LogP contribution >= 0.6 is 11.6 Å². The van der Waals surface area contributed by atoms with Crippen LogP contribution in [0.25, 0.3) is 0 Å². The number of methoxy groups -OCH3 is 1. The van der Waals surface area contributed by atoms with Gasteiger partial charge in [0.2, 0.25) is 0 Å². The molecule has 28 heavy (non-hydrogen) atoms. The molecule has 5 heteroatoms. The SMILES string of the molecule is COc1ccc(C[Se]Cc2ccc(OCOCc3ccccc3)cc2)cc1Cl. The van der Waals surface area contributed by atoms with E-state index in [1.54, 1.807) is 7.11 Å². The number of hydrogen-bond acceptors (Lipinski definition) is 3. The van der Waals surface area contributed by atoms with Gasteiger partial charge in [-0.05, 0) is 0 Å². The molecule has 3 aromatic carbocycles. The zero-order chi connectivity index (χ0) is 19.6. The summed E-state index contributed by atoms with van der Waals surface area (Å²) < 4.78 is 16.4. The molecule has 0 aliphatic carbocycles. The van der Waals surface area contributed by atoms with E-state index < -0.39 is 0 Å². The van der Waals surface area contributed by atoms with Gasteiger partial charge in [-0.15, -0.1) is 0 Å². The van der Waals surface area contributed by atoms with E-state index in [1.807, 2.05) is 54.6 Å². The van der Waals surface area contributed by atoms with Gasteiger partial charge in [0.15, 0.2) is 0 Å². The molecule has 0 radical (unpaired) electrons. The van der Waals surface area contributed by atoms with E-state index in [9.17, 15) is 0 Å². The van der Waals surface area contributed by atoms with Gasteiger partial charge >= 0.3 is 172 Å². The van der Waals surface area contributed by atoms with Gasteiger partial charge < -0.3 is 0 Å². The van der Waals surface area contributed by atoms with Crippen molar-refractivity contribution < 1.29 is 14.2 Å². The minimum atomic E-state index is 0.246. The van der Waals surface area contributed by atoms with Crippen molar-refractivity contribution in [3.05, 3.63) is 94.5 Å². The summed E-state index contributed by atoms with van der Waals surface area (Å²) in [6.45, 7) is 0.799. The van der Waals surface area contributed by atoms with Crippen LogP contribution < -0.4 is 9.47 Å². The fraction of sp³-hybridized carbons (Fsp3) is 0.217. The molecule has 0 aliphatic heterocycles. The second-order valence-corrected chi connectivity index (χ2v) is 8.68. The van der Waals surface area contributed by atoms with E-state index in [0.717, 1.165) is 27.7 Å². The number of halogens is 1. The summed E-state index contributed by atoms with van der Waals surface area (Å²) >= 11 is 6.66. The minimum absolute atomic E-state index is 0.246. The first-order chi connectivity index (χ1) is 13.7. The summed E-state index contributed by atoms with van der Waals surface area (Å²) in [6, 6.07) is 24.3. The molecule has 0 saturated heterocycles. The Morgan fingerprint density at radius 1 is 0.821 bits per heavy atom. The van der Waals surface area contributed by atoms with Gasteiger partial charge in [0.1, 0.15) is 0 Å². The predicted molar refractivity (Wildman–Crippen MR) is 114 cm³/mol. The molecular formula is C23H23ClO3Se. The number of rotatable bonds is 10. The molecule has 0 unspecified atom stereocenters. The first-order valence-corrected chi connectivity index (χ1v) is 11.8. The molecule has 3 nitrogen and oxygen atoms in total. The average molecular weight is 462 g/mol. The van der Waals surface area contributed by atoms with Gasteiger partial charge in [0.05, 0.1) is 0 Å². The topological polar surface area (TPSA) is 27.7 Å². The van der Waals surface area contributed by atoms with Gasteiger partial charge in [-0.2, -0.15) is 0 Å². The van der Waals surface area contributed by atoms with Crippen LogP contribution in [0.3, 0.4) is 0 Å². The third-order valence-corrected chi connectivity index (χ3v) is 6.65. The molecule has 3 rings (SSSR count). The summed E-state index contributed by atoms with van der Waals surface area (Å²) in [6.07, 6.45) is 0. The summed E-state index contributed by atoms with van der Waals surface area (Å²) in [4.78, 5) is 0. The van der Waals surface area contributed by atoms with Gasteiger partial charge in [-0.25, -0.2) is 0 Å². The van der Waals surface area contributed by atoms with E-state index in [4.69, 9.17) is 25.8 Å². The number of hydrogen-bond donors (Lipinski definition) is 0. The van der Waals surface area contributed by atoms with Gasteiger partial charge in [0, 0.05) is 0 Å². The molecule has 0 aliphatic rings. The maximum absolute atomic E-state index is 6.19. The summed E-state index contributed by atoms with van der Waals surface area (Å²) in [5, 5.41) is 2.79. The Balaban J connectivity index is 1.37. The van der Waals surface area contributed by atoms with Crippen LogP contribution in [0, 0.1) is 0 Å².